The summed E-state index contributed by atoms with van der Waals surface area (Å²) in [6, 6.07) is 1.94. The monoisotopic (exact) mass is 412 g/mol. The van der Waals surface area contributed by atoms with Gasteiger partial charge in [0.2, 0.25) is 5.91 Å². The van der Waals surface area contributed by atoms with Gasteiger partial charge in [0.25, 0.3) is 0 Å². The van der Waals surface area contributed by atoms with E-state index < -0.39 is 11.2 Å². The highest BCUT2D eigenvalue weighted by atomic mass is 32.1. The molecule has 152 valence electrons. The summed E-state index contributed by atoms with van der Waals surface area (Å²) in [6.45, 7) is 8.88. The summed E-state index contributed by atoms with van der Waals surface area (Å²) in [6.07, 6.45) is -2.05. The van der Waals surface area contributed by atoms with Crippen molar-refractivity contribution in [1.82, 2.24) is 9.97 Å². The number of fused-ring (bicyclic) bond motifs is 1. The summed E-state index contributed by atoms with van der Waals surface area (Å²) in [7, 11) is 0. The van der Waals surface area contributed by atoms with E-state index in [4.69, 9.17) is 0 Å². The molecule has 0 aromatic carbocycles. The number of carbonyl (C=O) groups is 1. The highest BCUT2D eigenvalue weighted by Gasteiger charge is 2.35. The van der Waals surface area contributed by atoms with Crippen LogP contribution in [-0.2, 0) is 23.9 Å². The summed E-state index contributed by atoms with van der Waals surface area (Å²) < 4.78 is 38.2. The topological polar surface area (TPSA) is 58.1 Å². The minimum atomic E-state index is -4.41. The highest BCUT2D eigenvalue weighted by molar-refractivity contribution is 7.11. The zero-order valence-corrected chi connectivity index (χ0v) is 17.1. The zero-order valence-electron chi connectivity index (χ0n) is 16.3. The van der Waals surface area contributed by atoms with Gasteiger partial charge in [0.05, 0.1) is 17.9 Å². The summed E-state index contributed by atoms with van der Waals surface area (Å²) >= 11 is 0.667. The molecule has 0 unspecified atom stereocenters. The third-order valence-electron chi connectivity index (χ3n) is 4.32. The number of thiazole rings is 1. The summed E-state index contributed by atoms with van der Waals surface area (Å²) in [4.78, 5) is 22.8. The first kappa shape index (κ1) is 20.6. The molecule has 0 atom stereocenters. The molecule has 9 heteroatoms. The Morgan fingerprint density at radius 3 is 2.64 bits per heavy atom. The van der Waals surface area contributed by atoms with Crippen LogP contribution >= 0.6 is 11.3 Å². The van der Waals surface area contributed by atoms with Gasteiger partial charge >= 0.3 is 6.18 Å². The first-order valence-corrected chi connectivity index (χ1v) is 9.81. The normalized spacial score (nSPS) is 14.3. The number of nitrogens with one attached hydrogen (secondary N) is 1. The van der Waals surface area contributed by atoms with E-state index in [9.17, 15) is 18.0 Å². The molecule has 0 bridgehead atoms. The number of hydrogen-bond donors (Lipinski definition) is 1. The number of halogens is 3. The van der Waals surface area contributed by atoms with E-state index in [-0.39, 0.29) is 11.3 Å². The van der Waals surface area contributed by atoms with Gasteiger partial charge in [-0.3, -0.25) is 4.79 Å². The standard InChI is InChI=1S/C19H23F3N4OS/c1-11-7-14-13(24-16(11)25-15(27)8-18(2,3)4)5-6-26(14)10-12-9-23-17(28-12)19(20,21)22/h7,9H,5-6,8,10H2,1-4H3,(H,24,25,27). The number of rotatable bonds is 4. The first-order chi connectivity index (χ1) is 12.9. The second kappa shape index (κ2) is 7.35. The fourth-order valence-corrected chi connectivity index (χ4v) is 3.90. The minimum absolute atomic E-state index is 0.0813. The maximum atomic E-state index is 12.7. The molecule has 3 heterocycles. The largest absolute Gasteiger partial charge is 0.443 e. The van der Waals surface area contributed by atoms with Crippen LogP contribution in [-0.4, -0.2) is 22.4 Å². The lowest BCUT2D eigenvalue weighted by Crippen LogP contribution is -2.21. The number of aryl methyl sites for hydroxylation is 1. The predicted octanol–water partition coefficient (Wildman–Crippen LogP) is 4.80. The molecule has 1 N–H and O–H groups in total. The van der Waals surface area contributed by atoms with Gasteiger partial charge in [-0.05, 0) is 24.0 Å². The molecule has 1 aliphatic rings. The van der Waals surface area contributed by atoms with Crippen molar-refractivity contribution in [1.29, 1.82) is 0 Å². The van der Waals surface area contributed by atoms with Crippen LogP contribution in [0.4, 0.5) is 24.7 Å². The maximum Gasteiger partial charge on any atom is 0.443 e. The number of nitrogens with zero attached hydrogens (tertiary/aromatic N) is 3. The van der Waals surface area contributed by atoms with Gasteiger partial charge in [-0.25, -0.2) is 9.97 Å². The number of amides is 1. The van der Waals surface area contributed by atoms with Crippen molar-refractivity contribution < 1.29 is 18.0 Å². The van der Waals surface area contributed by atoms with Crippen molar-refractivity contribution in [3.8, 4) is 0 Å². The lowest BCUT2D eigenvalue weighted by atomic mass is 9.92. The molecule has 0 radical (unpaired) electrons. The number of hydrogen-bond acceptors (Lipinski definition) is 5. The van der Waals surface area contributed by atoms with Crippen LogP contribution in [0.15, 0.2) is 12.3 Å². The van der Waals surface area contributed by atoms with Gasteiger partial charge < -0.3 is 10.2 Å². The SMILES string of the molecule is Cc1cc2c(nc1NC(=O)CC(C)(C)C)CCN2Cc1cnc(C(F)(F)F)s1. The van der Waals surface area contributed by atoms with Crippen molar-refractivity contribution in [2.24, 2.45) is 5.41 Å². The average Bonchev–Trinajstić information content (AvgIpc) is 3.14. The lowest BCUT2D eigenvalue weighted by Gasteiger charge is -2.20. The van der Waals surface area contributed by atoms with Crippen LogP contribution in [0.5, 0.6) is 0 Å². The molecule has 2 aromatic heterocycles. The van der Waals surface area contributed by atoms with Crippen molar-refractivity contribution in [3.63, 3.8) is 0 Å². The Balaban J connectivity index is 1.74. The van der Waals surface area contributed by atoms with Crippen LogP contribution in [0, 0.1) is 12.3 Å². The predicted molar refractivity (Wildman–Crippen MR) is 104 cm³/mol. The van der Waals surface area contributed by atoms with Gasteiger partial charge in [-0.2, -0.15) is 13.2 Å². The second-order valence-corrected chi connectivity index (χ2v) is 9.32. The second-order valence-electron chi connectivity index (χ2n) is 8.21. The Morgan fingerprint density at radius 1 is 1.32 bits per heavy atom. The molecule has 0 saturated carbocycles. The van der Waals surface area contributed by atoms with Crippen molar-refractivity contribution in [2.45, 2.75) is 53.3 Å². The number of alkyl halides is 3. The molecule has 0 aliphatic carbocycles. The van der Waals surface area contributed by atoms with Crippen LogP contribution < -0.4 is 10.2 Å². The highest BCUT2D eigenvalue weighted by Crippen LogP contribution is 2.35. The number of anilines is 2. The Hall–Kier alpha value is -2.16. The third-order valence-corrected chi connectivity index (χ3v) is 5.35. The molecule has 3 rings (SSSR count). The van der Waals surface area contributed by atoms with Gasteiger partial charge in [0.15, 0.2) is 5.01 Å². The Labute approximate surface area is 166 Å². The summed E-state index contributed by atoms with van der Waals surface area (Å²) in [5, 5.41) is 2.05. The number of carbonyl (C=O) groups excluding carboxylic acids is 1. The minimum Gasteiger partial charge on any atom is -0.364 e. The molecule has 5 nitrogen and oxygen atoms in total. The first-order valence-electron chi connectivity index (χ1n) is 8.99. The molecule has 2 aromatic rings. The molecule has 1 amide bonds. The van der Waals surface area contributed by atoms with E-state index in [0.717, 1.165) is 16.9 Å². The maximum absolute atomic E-state index is 12.7. The van der Waals surface area contributed by atoms with Gasteiger partial charge in [-0.15, -0.1) is 11.3 Å². The summed E-state index contributed by atoms with van der Waals surface area (Å²) in [5.41, 5.74) is 2.45. The lowest BCUT2D eigenvalue weighted by molar-refractivity contribution is -0.137. The molecular formula is C19H23F3N4OS. The zero-order chi connectivity index (χ0) is 20.7. The van der Waals surface area contributed by atoms with Gasteiger partial charge in [-0.1, -0.05) is 20.8 Å². The van der Waals surface area contributed by atoms with Crippen LogP contribution in [0.1, 0.15) is 48.3 Å². The Kier molecular flexibility index (Phi) is 5.40. The Morgan fingerprint density at radius 2 is 2.04 bits per heavy atom. The molecule has 1 aliphatic heterocycles. The quantitative estimate of drug-likeness (QED) is 0.784. The van der Waals surface area contributed by atoms with Crippen LogP contribution in [0.2, 0.25) is 0 Å². The van der Waals surface area contributed by atoms with E-state index in [0.29, 0.717) is 48.0 Å². The van der Waals surface area contributed by atoms with Crippen LogP contribution in [0.3, 0.4) is 0 Å². The van der Waals surface area contributed by atoms with E-state index in [1.54, 1.807) is 0 Å². The van der Waals surface area contributed by atoms with E-state index >= 15 is 0 Å². The van der Waals surface area contributed by atoms with Crippen molar-refractivity contribution >= 4 is 28.7 Å². The molecule has 0 saturated heterocycles. The third kappa shape index (κ3) is 4.81. The van der Waals surface area contributed by atoms with E-state index in [1.807, 2.05) is 38.7 Å². The molecule has 28 heavy (non-hydrogen) atoms. The molecule has 0 fully saturated rings. The van der Waals surface area contributed by atoms with Crippen LogP contribution in [0.25, 0.3) is 0 Å². The molecule has 0 spiro atoms. The van der Waals surface area contributed by atoms with E-state index in [2.05, 4.69) is 15.3 Å². The number of pyridine rings is 1. The fourth-order valence-electron chi connectivity index (χ4n) is 3.10. The van der Waals surface area contributed by atoms with E-state index in [1.165, 1.54) is 6.20 Å². The van der Waals surface area contributed by atoms with Crippen molar-refractivity contribution in [2.75, 3.05) is 16.8 Å². The molecular weight excluding hydrogens is 389 g/mol. The van der Waals surface area contributed by atoms with Gasteiger partial charge in [0, 0.05) is 30.5 Å². The summed E-state index contributed by atoms with van der Waals surface area (Å²) in [5.74, 6) is 0.467. The smallest absolute Gasteiger partial charge is 0.364 e. The van der Waals surface area contributed by atoms with Crippen molar-refractivity contribution in [3.05, 3.63) is 33.4 Å². The van der Waals surface area contributed by atoms with Gasteiger partial charge in [0.1, 0.15) is 5.82 Å². The fraction of sp³-hybridized carbons (Fsp3) is 0.526. The average molecular weight is 412 g/mol. The number of aromatic nitrogens is 2. The Bertz CT molecular complexity index is 886.